The van der Waals surface area contributed by atoms with Gasteiger partial charge >= 0.3 is 24.3 Å². The predicted molar refractivity (Wildman–Crippen MR) is 151 cm³/mol. The number of nitrogens with one attached hydrogen (secondary N) is 1. The Labute approximate surface area is 274 Å². The minimum Gasteiger partial charge on any atom is -0.495 e. The van der Waals surface area contributed by atoms with Crippen LogP contribution in [0.15, 0.2) is 24.5 Å². The normalized spacial score (nSPS) is 23.1. The molecule has 0 bridgehead atoms. The smallest absolute Gasteiger partial charge is 0.490 e. The highest BCUT2D eigenvalue weighted by atomic mass is 19.4. The summed E-state index contributed by atoms with van der Waals surface area (Å²) in [5.41, 5.74) is -5.60. The van der Waals surface area contributed by atoms with Crippen molar-refractivity contribution in [2.75, 3.05) is 39.9 Å². The number of rotatable bonds is 8. The molecule has 2 saturated heterocycles. The third-order valence-electron chi connectivity index (χ3n) is 8.86. The second kappa shape index (κ2) is 13.8. The average molecular weight is 711 g/mol. The molecule has 2 amide bonds. The lowest BCUT2D eigenvalue weighted by Crippen LogP contribution is -2.55. The van der Waals surface area contributed by atoms with Gasteiger partial charge in [0.15, 0.2) is 11.5 Å². The van der Waals surface area contributed by atoms with Crippen molar-refractivity contribution in [3.63, 3.8) is 0 Å². The van der Waals surface area contributed by atoms with E-state index in [1.165, 1.54) is 23.6 Å². The molecule has 270 valence electrons. The van der Waals surface area contributed by atoms with Gasteiger partial charge in [-0.05, 0) is 32.3 Å². The first-order chi connectivity index (χ1) is 22.8. The van der Waals surface area contributed by atoms with E-state index in [2.05, 4.69) is 15.4 Å². The molecule has 13 nitrogen and oxygen atoms in total. The van der Waals surface area contributed by atoms with E-state index in [0.717, 1.165) is 36.4 Å². The van der Waals surface area contributed by atoms with E-state index >= 15 is 13.2 Å². The summed E-state index contributed by atoms with van der Waals surface area (Å²) in [5.74, 6) is -6.59. The number of aliphatic carboxylic acids is 1. The third-order valence-corrected chi connectivity index (χ3v) is 8.86. The average Bonchev–Trinajstić information content (AvgIpc) is 3.65. The Morgan fingerprint density at radius 2 is 1.76 bits per heavy atom. The van der Waals surface area contributed by atoms with Crippen molar-refractivity contribution >= 4 is 23.8 Å². The molecule has 0 spiro atoms. The lowest BCUT2D eigenvalue weighted by Gasteiger charge is -2.37. The Hall–Kier alpha value is -4.49. The number of carboxylic acid groups (broad SMARTS) is 1. The standard InChI is InChI=1S/C27H32F4N6O5.C2HF3O2/c1-4-42-24(40)25-12-36(21(19-8-9-35(2)34-19)22(38)33-16-6-5-7-16)14-26(25,27(29,30)31)15-37(13-25)23(39)20-18(28)10-17(41-3)11-32-20;3-2(4,5)1(6)7/h8-11,16,21H,4-7,12-15H2,1-3H3,(H,33,38);(H,6,7)/t21?,25-,26-;/m1./s1. The molecule has 20 heteroatoms. The number of nitrogens with zero attached hydrogens (tertiary/aromatic N) is 5. The third kappa shape index (κ3) is 7.13. The first-order valence-corrected chi connectivity index (χ1v) is 14.9. The molecule has 3 aliphatic rings. The summed E-state index contributed by atoms with van der Waals surface area (Å²) >= 11 is 0. The molecule has 2 N–H and O–H groups in total. The van der Waals surface area contributed by atoms with Gasteiger partial charge < -0.3 is 24.8 Å². The van der Waals surface area contributed by atoms with Gasteiger partial charge in [-0.1, -0.05) is 0 Å². The molecule has 49 heavy (non-hydrogen) atoms. The van der Waals surface area contributed by atoms with Crippen LogP contribution in [0.2, 0.25) is 0 Å². The molecule has 2 aliphatic heterocycles. The van der Waals surface area contributed by atoms with Gasteiger partial charge in [0.05, 0.1) is 25.6 Å². The number of fused-ring (bicyclic) bond motifs is 1. The molecule has 5 rings (SSSR count). The molecule has 4 heterocycles. The Balaban J connectivity index is 0.000000698. The van der Waals surface area contributed by atoms with E-state index in [4.69, 9.17) is 19.4 Å². The van der Waals surface area contributed by atoms with E-state index < -0.39 is 90.7 Å². The van der Waals surface area contributed by atoms with Gasteiger partial charge in [0.2, 0.25) is 5.91 Å². The van der Waals surface area contributed by atoms with Crippen LogP contribution in [0, 0.1) is 16.6 Å². The molecule has 3 fully saturated rings. The number of likely N-dealkylation sites (tertiary alicyclic amines) is 2. The van der Waals surface area contributed by atoms with Crippen LogP contribution in [0.5, 0.6) is 5.75 Å². The SMILES string of the molecule is CCOC(=O)[C@@]12CN(C(=O)c3ncc(OC)cc3F)C[C@]1(C(F)(F)F)CN(C(C(=O)NC1CCC1)c1ccn(C)n1)C2.O=C(O)C(F)(F)F. The van der Waals surface area contributed by atoms with Crippen molar-refractivity contribution in [3.8, 4) is 5.75 Å². The summed E-state index contributed by atoms with van der Waals surface area (Å²) in [5, 5.41) is 14.3. The van der Waals surface area contributed by atoms with Crippen molar-refractivity contribution in [1.29, 1.82) is 0 Å². The number of hydrogen-bond acceptors (Lipinski definition) is 9. The minimum atomic E-state index is -5.08. The van der Waals surface area contributed by atoms with Crippen LogP contribution >= 0.6 is 0 Å². The lowest BCUT2D eigenvalue weighted by molar-refractivity contribution is -0.242. The fourth-order valence-electron chi connectivity index (χ4n) is 6.27. The number of carbonyl (C=O) groups is 4. The molecule has 1 aliphatic carbocycles. The number of halogens is 7. The van der Waals surface area contributed by atoms with Crippen LogP contribution in [0.1, 0.15) is 48.4 Å². The van der Waals surface area contributed by atoms with Crippen LogP contribution in [-0.4, -0.2) is 112 Å². The molecule has 1 saturated carbocycles. The van der Waals surface area contributed by atoms with Crippen molar-refractivity contribution in [1.82, 2.24) is 29.9 Å². The highest BCUT2D eigenvalue weighted by Gasteiger charge is 2.79. The molecule has 1 unspecified atom stereocenters. The summed E-state index contributed by atoms with van der Waals surface area (Å²) in [4.78, 5) is 55.2. The highest BCUT2D eigenvalue weighted by molar-refractivity contribution is 5.94. The number of ether oxygens (including phenoxy) is 2. The quantitative estimate of drug-likeness (QED) is 0.309. The summed E-state index contributed by atoms with van der Waals surface area (Å²) in [6.07, 6.45) is -5.00. The highest BCUT2D eigenvalue weighted by Crippen LogP contribution is 2.62. The zero-order chi connectivity index (χ0) is 36.5. The number of aromatic nitrogens is 3. The number of hydrogen-bond donors (Lipinski definition) is 2. The number of carboxylic acids is 1. The van der Waals surface area contributed by atoms with Crippen LogP contribution in [0.25, 0.3) is 0 Å². The zero-order valence-corrected chi connectivity index (χ0v) is 26.4. The number of methoxy groups -OCH3 is 1. The summed E-state index contributed by atoms with van der Waals surface area (Å²) < 4.78 is 104. The van der Waals surface area contributed by atoms with Gasteiger partial charge in [-0.2, -0.15) is 31.4 Å². The van der Waals surface area contributed by atoms with Crippen LogP contribution in [0.4, 0.5) is 30.7 Å². The Bertz CT molecular complexity index is 1580. The molecule has 0 aromatic carbocycles. The Kier molecular flexibility index (Phi) is 10.5. The van der Waals surface area contributed by atoms with Crippen molar-refractivity contribution in [3.05, 3.63) is 41.7 Å². The number of esters is 1. The summed E-state index contributed by atoms with van der Waals surface area (Å²) in [6.45, 7) is -1.76. The van der Waals surface area contributed by atoms with E-state index in [0.29, 0.717) is 0 Å². The maximum Gasteiger partial charge on any atom is 0.490 e. The molecular weight excluding hydrogens is 677 g/mol. The maximum absolute atomic E-state index is 15.3. The van der Waals surface area contributed by atoms with Crippen molar-refractivity contribution in [2.45, 2.75) is 50.6 Å². The predicted octanol–water partition coefficient (Wildman–Crippen LogP) is 2.88. The molecular formula is C29H33F7N6O7. The van der Waals surface area contributed by atoms with Gasteiger partial charge in [-0.15, -0.1) is 0 Å². The topological polar surface area (TPSA) is 156 Å². The molecule has 2 aromatic rings. The maximum atomic E-state index is 15.3. The van der Waals surface area contributed by atoms with Gasteiger partial charge in [0.1, 0.15) is 22.6 Å². The molecule has 0 radical (unpaired) electrons. The lowest BCUT2D eigenvalue weighted by atomic mass is 9.67. The van der Waals surface area contributed by atoms with Gasteiger partial charge in [-0.3, -0.25) is 24.0 Å². The second-order valence-electron chi connectivity index (χ2n) is 11.9. The van der Waals surface area contributed by atoms with Crippen molar-refractivity contribution in [2.24, 2.45) is 17.9 Å². The van der Waals surface area contributed by atoms with Gasteiger partial charge in [0, 0.05) is 51.5 Å². The van der Waals surface area contributed by atoms with Crippen molar-refractivity contribution < 1.29 is 64.5 Å². The van der Waals surface area contributed by atoms with Gasteiger partial charge in [0.25, 0.3) is 5.91 Å². The van der Waals surface area contributed by atoms with Gasteiger partial charge in [-0.25, -0.2) is 14.2 Å². The van der Waals surface area contributed by atoms with E-state index in [-0.39, 0.29) is 24.1 Å². The van der Waals surface area contributed by atoms with Crippen LogP contribution in [0.3, 0.4) is 0 Å². The summed E-state index contributed by atoms with van der Waals surface area (Å²) in [7, 11) is 2.89. The molecule has 2 aromatic heterocycles. The number of aryl methyl sites for hydroxylation is 1. The summed E-state index contributed by atoms with van der Waals surface area (Å²) in [6, 6.07) is 1.12. The molecule has 3 atom stereocenters. The van der Waals surface area contributed by atoms with E-state index in [1.807, 2.05) is 0 Å². The Morgan fingerprint density at radius 1 is 1.10 bits per heavy atom. The largest absolute Gasteiger partial charge is 0.495 e. The second-order valence-corrected chi connectivity index (χ2v) is 11.9. The van der Waals surface area contributed by atoms with Crippen LogP contribution in [-0.2, 0) is 26.2 Å². The Morgan fingerprint density at radius 3 is 2.22 bits per heavy atom. The van der Waals surface area contributed by atoms with Crippen LogP contribution < -0.4 is 10.1 Å². The zero-order valence-electron chi connectivity index (χ0n) is 26.4. The van der Waals surface area contributed by atoms with E-state index in [1.54, 1.807) is 19.3 Å². The number of carbonyl (C=O) groups excluding carboxylic acids is 3. The monoisotopic (exact) mass is 710 g/mol. The minimum absolute atomic E-state index is 0.0217. The number of alkyl halides is 6. The first kappa shape index (κ1) is 37.3. The van der Waals surface area contributed by atoms with E-state index in [9.17, 15) is 31.9 Å². The number of amides is 2. The fraction of sp³-hybridized carbons (Fsp3) is 0.586. The number of pyridine rings is 1. The first-order valence-electron chi connectivity index (χ1n) is 14.9. The fourth-order valence-corrected chi connectivity index (χ4v) is 6.27.